The van der Waals surface area contributed by atoms with E-state index in [9.17, 15) is 21.6 Å². The molecule has 0 unspecified atom stereocenters. The summed E-state index contributed by atoms with van der Waals surface area (Å²) < 4.78 is 89.1. The van der Waals surface area contributed by atoms with E-state index < -0.39 is 33.3 Å². The molecule has 0 saturated carbocycles. The molecule has 1 aromatic carbocycles. The van der Waals surface area contributed by atoms with Crippen molar-refractivity contribution in [2.75, 3.05) is 44.9 Å². The number of piperidine rings is 1. The van der Waals surface area contributed by atoms with Crippen LogP contribution in [-0.2, 0) is 16.2 Å². The first kappa shape index (κ1) is 30.2. The highest BCUT2D eigenvalue weighted by Crippen LogP contribution is 2.36. The molecule has 2 fully saturated rings. The Morgan fingerprint density at radius 3 is 2.48 bits per heavy atom. The molecule has 2 aliphatic rings. The van der Waals surface area contributed by atoms with E-state index in [-0.39, 0.29) is 48.3 Å². The average molecular weight is 612 g/mol. The van der Waals surface area contributed by atoms with Gasteiger partial charge in [0.1, 0.15) is 35.1 Å². The van der Waals surface area contributed by atoms with E-state index in [2.05, 4.69) is 25.2 Å². The topological polar surface area (TPSA) is 105 Å². The Morgan fingerprint density at radius 1 is 1.12 bits per heavy atom. The molecule has 0 aliphatic carbocycles. The molecule has 0 radical (unpaired) electrons. The maximum absolute atomic E-state index is 15.2. The molecule has 228 valence electrons. The molecular formula is C27H33F4N7O3S. The molecule has 0 bridgehead atoms. The number of hydrogen-bond acceptors (Lipinski definition) is 8. The van der Waals surface area contributed by atoms with E-state index in [1.807, 2.05) is 7.05 Å². The molecule has 2 aromatic heterocycles. The number of aryl methyl sites for hydroxylation is 1. The highest BCUT2D eigenvalue weighted by atomic mass is 32.2. The summed E-state index contributed by atoms with van der Waals surface area (Å²) in [5, 5.41) is 3.02. The SMILES string of the molecule is Cc1nc(-c2nc(NC3CCN(S(C)(=O)=O)CC3)ncc2C(F)(F)F)cn1-c1ccc(OC[C@H]2CCCN2C)cc1F. The van der Waals surface area contributed by atoms with Gasteiger partial charge >= 0.3 is 6.18 Å². The number of anilines is 1. The van der Waals surface area contributed by atoms with Crippen molar-refractivity contribution in [2.45, 2.75) is 50.9 Å². The first-order valence-corrected chi connectivity index (χ1v) is 15.5. The number of likely N-dealkylation sites (N-methyl/N-ethyl adjacent to an activating group) is 1. The van der Waals surface area contributed by atoms with Gasteiger partial charge in [0.15, 0.2) is 5.82 Å². The zero-order valence-electron chi connectivity index (χ0n) is 23.5. The van der Waals surface area contributed by atoms with Gasteiger partial charge < -0.3 is 19.5 Å². The van der Waals surface area contributed by atoms with Crippen LogP contribution >= 0.6 is 0 Å². The van der Waals surface area contributed by atoms with Gasteiger partial charge in [0, 0.05) is 43.6 Å². The number of nitrogens with one attached hydrogen (secondary N) is 1. The van der Waals surface area contributed by atoms with Gasteiger partial charge in [-0.3, -0.25) is 0 Å². The number of aromatic nitrogens is 4. The maximum Gasteiger partial charge on any atom is 0.420 e. The van der Waals surface area contributed by atoms with Crippen LogP contribution in [0.1, 0.15) is 37.1 Å². The first-order chi connectivity index (χ1) is 19.8. The number of likely N-dealkylation sites (tertiary alicyclic amines) is 1. The summed E-state index contributed by atoms with van der Waals surface area (Å²) in [5.41, 5.74) is -1.52. The molecule has 1 atom stereocenters. The lowest BCUT2D eigenvalue weighted by molar-refractivity contribution is -0.137. The Morgan fingerprint density at radius 2 is 1.86 bits per heavy atom. The summed E-state index contributed by atoms with van der Waals surface area (Å²) in [6.45, 7) is 3.55. The fraction of sp³-hybridized carbons (Fsp3) is 0.519. The van der Waals surface area contributed by atoms with Crippen molar-refractivity contribution in [3.8, 4) is 22.8 Å². The average Bonchev–Trinajstić information content (AvgIpc) is 3.51. The molecule has 2 aliphatic heterocycles. The highest BCUT2D eigenvalue weighted by molar-refractivity contribution is 7.88. The molecule has 2 saturated heterocycles. The van der Waals surface area contributed by atoms with Crippen molar-refractivity contribution in [2.24, 2.45) is 0 Å². The molecule has 5 rings (SSSR count). The smallest absolute Gasteiger partial charge is 0.420 e. The molecule has 0 spiro atoms. The van der Waals surface area contributed by atoms with E-state index >= 15 is 4.39 Å². The second kappa shape index (κ2) is 11.8. The Bertz CT molecular complexity index is 1540. The molecular weight excluding hydrogens is 578 g/mol. The van der Waals surface area contributed by atoms with Crippen LogP contribution in [0.3, 0.4) is 0 Å². The lowest BCUT2D eigenvalue weighted by Crippen LogP contribution is -2.42. The molecule has 3 aromatic rings. The number of ether oxygens (including phenoxy) is 1. The Labute approximate surface area is 241 Å². The van der Waals surface area contributed by atoms with Crippen LogP contribution in [0, 0.1) is 12.7 Å². The standard InChI is InChI=1S/C27H33F4N7O3S/c1-17-33-23(15-38(17)24-7-6-20(13-22(24)28)41-16-19-5-4-10-36(19)2)25-21(27(29,30)31)14-32-26(35-25)34-18-8-11-37(12-9-18)42(3,39)40/h6-7,13-15,18-19H,4-5,8-12,16H2,1-3H3,(H,32,34,35)/t19-/m1/s1. The fourth-order valence-electron chi connectivity index (χ4n) is 5.35. The molecule has 0 amide bonds. The summed E-state index contributed by atoms with van der Waals surface area (Å²) >= 11 is 0. The quantitative estimate of drug-likeness (QED) is 0.380. The van der Waals surface area contributed by atoms with Crippen LogP contribution in [0.5, 0.6) is 5.75 Å². The lowest BCUT2D eigenvalue weighted by Gasteiger charge is -2.30. The van der Waals surface area contributed by atoms with E-state index in [4.69, 9.17) is 4.74 Å². The molecule has 15 heteroatoms. The van der Waals surface area contributed by atoms with Crippen molar-refractivity contribution in [1.29, 1.82) is 0 Å². The monoisotopic (exact) mass is 611 g/mol. The molecule has 42 heavy (non-hydrogen) atoms. The van der Waals surface area contributed by atoms with Crippen molar-refractivity contribution in [3.05, 3.63) is 47.8 Å². The third-order valence-electron chi connectivity index (χ3n) is 7.77. The third-order valence-corrected chi connectivity index (χ3v) is 9.07. The normalized spacial score (nSPS) is 19.4. The maximum atomic E-state index is 15.2. The number of alkyl halides is 3. The van der Waals surface area contributed by atoms with Crippen molar-refractivity contribution in [1.82, 2.24) is 28.7 Å². The van der Waals surface area contributed by atoms with E-state index in [0.29, 0.717) is 31.4 Å². The largest absolute Gasteiger partial charge is 0.492 e. The van der Waals surface area contributed by atoms with Crippen molar-refractivity contribution in [3.63, 3.8) is 0 Å². The van der Waals surface area contributed by atoms with E-state index in [0.717, 1.165) is 25.6 Å². The Hall–Kier alpha value is -3.30. The molecule has 4 heterocycles. The van der Waals surface area contributed by atoms with Crippen LogP contribution in [0.4, 0.5) is 23.5 Å². The van der Waals surface area contributed by atoms with E-state index in [1.54, 1.807) is 13.0 Å². The third kappa shape index (κ3) is 6.68. The van der Waals surface area contributed by atoms with E-state index in [1.165, 1.54) is 27.2 Å². The number of halogens is 4. The van der Waals surface area contributed by atoms with Gasteiger partial charge in [-0.2, -0.15) is 13.2 Å². The number of hydrogen-bond donors (Lipinski definition) is 1. The predicted octanol–water partition coefficient (Wildman–Crippen LogP) is 4.10. The zero-order valence-corrected chi connectivity index (χ0v) is 24.3. The van der Waals surface area contributed by atoms with Gasteiger partial charge in [0.05, 0.1) is 11.9 Å². The molecule has 1 N–H and O–H groups in total. The minimum Gasteiger partial charge on any atom is -0.492 e. The minimum absolute atomic E-state index is 0.0383. The van der Waals surface area contributed by atoms with Gasteiger partial charge in [0.2, 0.25) is 16.0 Å². The summed E-state index contributed by atoms with van der Waals surface area (Å²) in [5.74, 6) is -0.0215. The summed E-state index contributed by atoms with van der Waals surface area (Å²) in [6.07, 6.45) is 1.36. The van der Waals surface area contributed by atoms with Crippen LogP contribution in [-0.4, -0.2) is 88.8 Å². The second-order valence-corrected chi connectivity index (χ2v) is 12.8. The van der Waals surface area contributed by atoms with Crippen molar-refractivity contribution < 1.29 is 30.7 Å². The van der Waals surface area contributed by atoms with Gasteiger partial charge in [-0.05, 0) is 58.3 Å². The number of benzene rings is 1. The van der Waals surface area contributed by atoms with Crippen molar-refractivity contribution >= 4 is 16.0 Å². The van der Waals surface area contributed by atoms with Gasteiger partial charge in [-0.25, -0.2) is 32.1 Å². The number of nitrogens with zero attached hydrogens (tertiary/aromatic N) is 6. The minimum atomic E-state index is -4.76. The van der Waals surface area contributed by atoms with Crippen LogP contribution in [0.15, 0.2) is 30.6 Å². The number of rotatable bonds is 8. The summed E-state index contributed by atoms with van der Waals surface area (Å²) in [7, 11) is -1.30. The highest BCUT2D eigenvalue weighted by Gasteiger charge is 2.37. The zero-order chi connectivity index (χ0) is 30.2. The summed E-state index contributed by atoms with van der Waals surface area (Å²) in [4.78, 5) is 14.5. The predicted molar refractivity (Wildman–Crippen MR) is 148 cm³/mol. The first-order valence-electron chi connectivity index (χ1n) is 13.6. The summed E-state index contributed by atoms with van der Waals surface area (Å²) in [6, 6.07) is 4.42. The van der Waals surface area contributed by atoms with Crippen LogP contribution in [0.25, 0.3) is 17.1 Å². The fourth-order valence-corrected chi connectivity index (χ4v) is 6.23. The van der Waals surface area contributed by atoms with Gasteiger partial charge in [-0.15, -0.1) is 0 Å². The number of sulfonamides is 1. The van der Waals surface area contributed by atoms with Gasteiger partial charge in [-0.1, -0.05) is 0 Å². The van der Waals surface area contributed by atoms with Crippen LogP contribution < -0.4 is 10.1 Å². The van der Waals surface area contributed by atoms with Gasteiger partial charge in [0.25, 0.3) is 0 Å². The second-order valence-electron chi connectivity index (χ2n) is 10.8. The number of imidazole rings is 1. The lowest BCUT2D eigenvalue weighted by atomic mass is 10.1. The Kier molecular flexibility index (Phi) is 8.45. The van der Waals surface area contributed by atoms with Crippen LogP contribution in [0.2, 0.25) is 0 Å². The Balaban J connectivity index is 1.37. The molecule has 10 nitrogen and oxygen atoms in total.